The zero-order chi connectivity index (χ0) is 20.0. The monoisotopic (exact) mass is 362 g/mol. The molecule has 0 aliphatic heterocycles. The number of carboxylic acids is 1. The summed E-state index contributed by atoms with van der Waals surface area (Å²) in [5.74, 6) is -0.876. The van der Waals surface area contributed by atoms with E-state index >= 15 is 0 Å². The number of hydrogen-bond donors (Lipinski definition) is 1. The largest absolute Gasteiger partial charge is 0.478 e. The average molecular weight is 363 g/mol. The molecule has 1 aliphatic rings. The molecular weight excluding hydrogens is 332 g/mol. The SMILES string of the molecule is Cc1cc2c(cc1C=Cc1ccc(C(=O)O)c(C)c1)C(C)(C)CCC2(C)C. The van der Waals surface area contributed by atoms with Crippen LogP contribution in [0.15, 0.2) is 30.3 Å². The molecule has 0 saturated carbocycles. The van der Waals surface area contributed by atoms with Gasteiger partial charge in [-0.05, 0) is 77.0 Å². The maximum Gasteiger partial charge on any atom is 0.335 e. The number of rotatable bonds is 3. The Kier molecular flexibility index (Phi) is 4.80. The third-order valence-corrected chi connectivity index (χ3v) is 6.18. The van der Waals surface area contributed by atoms with Crippen molar-refractivity contribution in [3.05, 3.63) is 69.3 Å². The highest BCUT2D eigenvalue weighted by Crippen LogP contribution is 2.46. The quantitative estimate of drug-likeness (QED) is 0.631. The molecule has 0 amide bonds. The molecule has 1 aliphatic carbocycles. The molecule has 3 rings (SSSR count). The molecule has 2 nitrogen and oxygen atoms in total. The van der Waals surface area contributed by atoms with Crippen LogP contribution in [0.2, 0.25) is 0 Å². The van der Waals surface area contributed by atoms with E-state index in [1.165, 1.54) is 35.1 Å². The van der Waals surface area contributed by atoms with Gasteiger partial charge in [0.1, 0.15) is 0 Å². The van der Waals surface area contributed by atoms with Crippen molar-refractivity contribution in [1.82, 2.24) is 0 Å². The molecule has 0 heterocycles. The van der Waals surface area contributed by atoms with Gasteiger partial charge in [-0.15, -0.1) is 0 Å². The zero-order valence-electron chi connectivity index (χ0n) is 17.3. The van der Waals surface area contributed by atoms with Crippen LogP contribution in [-0.4, -0.2) is 11.1 Å². The summed E-state index contributed by atoms with van der Waals surface area (Å²) in [4.78, 5) is 11.2. The maximum atomic E-state index is 11.2. The van der Waals surface area contributed by atoms with E-state index in [2.05, 4.69) is 58.9 Å². The Morgan fingerprint density at radius 2 is 1.48 bits per heavy atom. The van der Waals surface area contributed by atoms with Crippen LogP contribution in [0.3, 0.4) is 0 Å². The van der Waals surface area contributed by atoms with Crippen molar-refractivity contribution in [3.8, 4) is 0 Å². The normalized spacial score (nSPS) is 17.7. The molecule has 0 bridgehead atoms. The van der Waals surface area contributed by atoms with Gasteiger partial charge in [-0.1, -0.05) is 64.1 Å². The van der Waals surface area contributed by atoms with Crippen LogP contribution in [0.25, 0.3) is 12.2 Å². The van der Waals surface area contributed by atoms with Crippen LogP contribution in [0, 0.1) is 13.8 Å². The molecule has 2 aromatic carbocycles. The van der Waals surface area contributed by atoms with E-state index in [1.807, 2.05) is 19.1 Å². The second kappa shape index (κ2) is 6.67. The molecule has 0 radical (unpaired) electrons. The van der Waals surface area contributed by atoms with E-state index in [0.29, 0.717) is 5.56 Å². The zero-order valence-corrected chi connectivity index (χ0v) is 17.3. The Morgan fingerprint density at radius 1 is 0.889 bits per heavy atom. The van der Waals surface area contributed by atoms with Crippen LogP contribution < -0.4 is 0 Å². The Hall–Kier alpha value is -2.35. The number of benzene rings is 2. The molecule has 0 unspecified atom stereocenters. The minimum Gasteiger partial charge on any atom is -0.478 e. The first-order valence-corrected chi connectivity index (χ1v) is 9.69. The minimum atomic E-state index is -0.876. The fourth-order valence-electron chi connectivity index (χ4n) is 4.13. The van der Waals surface area contributed by atoms with E-state index in [-0.39, 0.29) is 10.8 Å². The lowest BCUT2D eigenvalue weighted by Crippen LogP contribution is -2.34. The van der Waals surface area contributed by atoms with Gasteiger partial charge in [0.15, 0.2) is 0 Å². The summed E-state index contributed by atoms with van der Waals surface area (Å²) >= 11 is 0. The topological polar surface area (TPSA) is 37.3 Å². The Balaban J connectivity index is 2.00. The Morgan fingerprint density at radius 3 is 2.04 bits per heavy atom. The third-order valence-electron chi connectivity index (χ3n) is 6.18. The molecule has 2 aromatic rings. The Labute approximate surface area is 162 Å². The molecular formula is C25H30O2. The molecule has 0 atom stereocenters. The molecule has 27 heavy (non-hydrogen) atoms. The van der Waals surface area contributed by atoms with Crippen molar-refractivity contribution in [2.45, 2.75) is 65.2 Å². The van der Waals surface area contributed by atoms with Crippen molar-refractivity contribution in [2.75, 3.05) is 0 Å². The van der Waals surface area contributed by atoms with E-state index in [1.54, 1.807) is 6.07 Å². The minimum absolute atomic E-state index is 0.195. The van der Waals surface area contributed by atoms with Gasteiger partial charge in [-0.2, -0.15) is 0 Å². The predicted octanol–water partition coefficient (Wildman–Crippen LogP) is 6.52. The van der Waals surface area contributed by atoms with Gasteiger partial charge < -0.3 is 5.11 Å². The summed E-state index contributed by atoms with van der Waals surface area (Å²) < 4.78 is 0. The summed E-state index contributed by atoms with van der Waals surface area (Å²) in [6.45, 7) is 13.4. The van der Waals surface area contributed by atoms with Gasteiger partial charge in [0.25, 0.3) is 0 Å². The average Bonchev–Trinajstić information content (AvgIpc) is 2.57. The van der Waals surface area contributed by atoms with Gasteiger partial charge in [0.2, 0.25) is 0 Å². The second-order valence-electron chi connectivity index (χ2n) is 9.23. The summed E-state index contributed by atoms with van der Waals surface area (Å²) in [6.07, 6.45) is 6.66. The highest BCUT2D eigenvalue weighted by molar-refractivity contribution is 5.90. The van der Waals surface area contributed by atoms with E-state index in [4.69, 9.17) is 0 Å². The number of carboxylic acid groups (broad SMARTS) is 1. The van der Waals surface area contributed by atoms with Crippen molar-refractivity contribution in [2.24, 2.45) is 0 Å². The summed E-state index contributed by atoms with van der Waals surface area (Å²) in [5.41, 5.74) is 8.05. The number of aromatic carboxylic acids is 1. The van der Waals surface area contributed by atoms with Crippen LogP contribution in [-0.2, 0) is 10.8 Å². The standard InChI is InChI=1S/C25H30O2/c1-16-14-21-22(25(5,6)12-11-24(21,3)4)15-19(16)9-7-18-8-10-20(23(26)27)17(2)13-18/h7-10,13-15H,11-12H2,1-6H3,(H,26,27). The molecule has 142 valence electrons. The van der Waals surface area contributed by atoms with Crippen molar-refractivity contribution >= 4 is 18.1 Å². The lowest BCUT2D eigenvalue weighted by molar-refractivity contribution is 0.0696. The number of fused-ring (bicyclic) bond motifs is 1. The highest BCUT2D eigenvalue weighted by atomic mass is 16.4. The molecule has 0 saturated heterocycles. The van der Waals surface area contributed by atoms with E-state index < -0.39 is 5.97 Å². The van der Waals surface area contributed by atoms with Crippen molar-refractivity contribution < 1.29 is 9.90 Å². The van der Waals surface area contributed by atoms with E-state index in [9.17, 15) is 9.90 Å². The highest BCUT2D eigenvalue weighted by Gasteiger charge is 2.37. The molecule has 0 spiro atoms. The molecule has 0 fully saturated rings. The van der Waals surface area contributed by atoms with Gasteiger partial charge in [-0.25, -0.2) is 4.79 Å². The summed E-state index contributed by atoms with van der Waals surface area (Å²) in [6, 6.07) is 10.2. The number of aryl methyl sites for hydroxylation is 2. The lowest BCUT2D eigenvalue weighted by Gasteiger charge is -2.42. The molecule has 1 N–H and O–H groups in total. The van der Waals surface area contributed by atoms with Crippen LogP contribution in [0.4, 0.5) is 0 Å². The molecule has 2 heteroatoms. The first-order valence-electron chi connectivity index (χ1n) is 9.69. The van der Waals surface area contributed by atoms with Crippen molar-refractivity contribution in [3.63, 3.8) is 0 Å². The van der Waals surface area contributed by atoms with E-state index in [0.717, 1.165) is 11.1 Å². The van der Waals surface area contributed by atoms with Crippen LogP contribution in [0.1, 0.15) is 84.3 Å². The van der Waals surface area contributed by atoms with Gasteiger partial charge >= 0.3 is 5.97 Å². The van der Waals surface area contributed by atoms with Crippen LogP contribution >= 0.6 is 0 Å². The first kappa shape index (κ1) is 19.4. The third kappa shape index (κ3) is 3.71. The Bertz CT molecular complexity index is 930. The lowest BCUT2D eigenvalue weighted by atomic mass is 9.62. The maximum absolute atomic E-state index is 11.2. The second-order valence-corrected chi connectivity index (χ2v) is 9.23. The smallest absolute Gasteiger partial charge is 0.335 e. The first-order chi connectivity index (χ1) is 12.5. The fraction of sp³-hybridized carbons (Fsp3) is 0.400. The predicted molar refractivity (Wildman–Crippen MR) is 114 cm³/mol. The van der Waals surface area contributed by atoms with Gasteiger partial charge in [0, 0.05) is 0 Å². The fourth-order valence-corrected chi connectivity index (χ4v) is 4.13. The van der Waals surface area contributed by atoms with Crippen molar-refractivity contribution in [1.29, 1.82) is 0 Å². The number of hydrogen-bond acceptors (Lipinski definition) is 1. The summed E-state index contributed by atoms with van der Waals surface area (Å²) in [7, 11) is 0. The van der Waals surface area contributed by atoms with Gasteiger partial charge in [0.05, 0.1) is 5.56 Å². The van der Waals surface area contributed by atoms with Gasteiger partial charge in [-0.3, -0.25) is 0 Å². The summed E-state index contributed by atoms with van der Waals surface area (Å²) in [5, 5.41) is 9.19. The van der Waals surface area contributed by atoms with Crippen LogP contribution in [0.5, 0.6) is 0 Å². The molecule has 0 aromatic heterocycles. The number of carbonyl (C=O) groups is 1.